The van der Waals surface area contributed by atoms with Crippen molar-refractivity contribution in [2.75, 3.05) is 0 Å². The molecule has 2 aromatic rings. The van der Waals surface area contributed by atoms with Gasteiger partial charge in [-0.2, -0.15) is 4.98 Å². The average Bonchev–Trinajstić information content (AvgIpc) is 2.28. The molecule has 1 heterocycles. The van der Waals surface area contributed by atoms with Gasteiger partial charge in [0.2, 0.25) is 5.88 Å². The van der Waals surface area contributed by atoms with Crippen LogP contribution in [0.2, 0.25) is 5.15 Å². The van der Waals surface area contributed by atoms with E-state index >= 15 is 0 Å². The van der Waals surface area contributed by atoms with Crippen LogP contribution in [0, 0.1) is 0 Å². The minimum atomic E-state index is 0.00258. The summed E-state index contributed by atoms with van der Waals surface area (Å²) in [5.41, 5.74) is 1.12. The van der Waals surface area contributed by atoms with Crippen LogP contribution >= 0.6 is 11.6 Å². The molecular weight excluding hydrogens is 248 g/mol. The van der Waals surface area contributed by atoms with E-state index in [1.54, 1.807) is 6.20 Å². The lowest BCUT2D eigenvalue weighted by molar-refractivity contribution is 0.438. The van der Waals surface area contributed by atoms with Gasteiger partial charge in [-0.1, -0.05) is 50.6 Å². The van der Waals surface area contributed by atoms with Crippen LogP contribution in [-0.4, -0.2) is 9.97 Å². The molecule has 0 radical (unpaired) electrons. The van der Waals surface area contributed by atoms with Crippen molar-refractivity contribution >= 4 is 11.6 Å². The number of aromatic nitrogens is 2. The van der Waals surface area contributed by atoms with Gasteiger partial charge in [-0.05, 0) is 11.5 Å². The van der Waals surface area contributed by atoms with Gasteiger partial charge < -0.3 is 4.74 Å². The molecule has 0 aliphatic rings. The third kappa shape index (κ3) is 2.99. The van der Waals surface area contributed by atoms with Crippen LogP contribution in [0.15, 0.2) is 36.7 Å². The number of halogens is 1. The van der Waals surface area contributed by atoms with Gasteiger partial charge in [0.25, 0.3) is 0 Å². The number of ether oxygens (including phenoxy) is 1. The molecule has 0 aliphatic heterocycles. The van der Waals surface area contributed by atoms with E-state index in [2.05, 4.69) is 30.7 Å². The first-order valence-corrected chi connectivity index (χ1v) is 6.09. The number of benzene rings is 1. The molecule has 94 valence electrons. The zero-order chi connectivity index (χ0) is 13.2. The molecule has 0 fully saturated rings. The van der Waals surface area contributed by atoms with E-state index in [1.807, 2.05) is 24.3 Å². The van der Waals surface area contributed by atoms with E-state index < -0.39 is 0 Å². The second kappa shape index (κ2) is 4.94. The fourth-order valence-electron chi connectivity index (χ4n) is 1.66. The van der Waals surface area contributed by atoms with Crippen LogP contribution in [0.3, 0.4) is 0 Å². The van der Waals surface area contributed by atoms with E-state index in [-0.39, 0.29) is 5.41 Å². The van der Waals surface area contributed by atoms with Crippen molar-refractivity contribution in [2.24, 2.45) is 0 Å². The number of rotatable bonds is 2. The summed E-state index contributed by atoms with van der Waals surface area (Å²) in [6, 6.07) is 7.90. The van der Waals surface area contributed by atoms with Crippen molar-refractivity contribution in [2.45, 2.75) is 26.2 Å². The molecule has 1 aromatic heterocycles. The molecular formula is C14H15ClN2O. The smallest absolute Gasteiger partial charge is 0.239 e. The third-order valence-corrected chi connectivity index (χ3v) is 2.67. The minimum Gasteiger partial charge on any atom is -0.437 e. The van der Waals surface area contributed by atoms with Crippen molar-refractivity contribution in [1.82, 2.24) is 9.97 Å². The number of hydrogen-bond donors (Lipinski definition) is 0. The normalized spacial score (nSPS) is 11.3. The van der Waals surface area contributed by atoms with E-state index in [0.717, 1.165) is 11.3 Å². The Balaban J connectivity index is 2.35. The standard InChI is InChI=1S/C14H15ClN2O/c1-14(2,3)10-6-4-5-7-11(10)18-13-9-16-8-12(15)17-13/h4-9H,1-3H3. The minimum absolute atomic E-state index is 0.00258. The molecule has 0 atom stereocenters. The van der Waals surface area contributed by atoms with Gasteiger partial charge in [-0.15, -0.1) is 0 Å². The highest BCUT2D eigenvalue weighted by Gasteiger charge is 2.19. The zero-order valence-electron chi connectivity index (χ0n) is 10.6. The van der Waals surface area contributed by atoms with E-state index in [0.29, 0.717) is 11.0 Å². The molecule has 0 spiro atoms. The molecule has 18 heavy (non-hydrogen) atoms. The monoisotopic (exact) mass is 262 g/mol. The maximum Gasteiger partial charge on any atom is 0.239 e. The Hall–Kier alpha value is -1.61. The predicted octanol–water partition coefficient (Wildman–Crippen LogP) is 4.22. The molecule has 0 amide bonds. The molecule has 1 aromatic carbocycles. The van der Waals surface area contributed by atoms with Gasteiger partial charge >= 0.3 is 0 Å². The first kappa shape index (κ1) is 12.8. The van der Waals surface area contributed by atoms with Crippen LogP contribution in [0.5, 0.6) is 11.6 Å². The number of nitrogens with zero attached hydrogens (tertiary/aromatic N) is 2. The molecule has 0 saturated carbocycles. The van der Waals surface area contributed by atoms with Gasteiger partial charge in [0.1, 0.15) is 5.75 Å². The molecule has 2 rings (SSSR count). The summed E-state index contributed by atoms with van der Waals surface area (Å²) in [4.78, 5) is 8.03. The van der Waals surface area contributed by atoms with Crippen LogP contribution in [0.4, 0.5) is 0 Å². The molecule has 0 N–H and O–H groups in total. The van der Waals surface area contributed by atoms with Crippen molar-refractivity contribution in [3.63, 3.8) is 0 Å². The van der Waals surface area contributed by atoms with Crippen LogP contribution < -0.4 is 4.74 Å². The lowest BCUT2D eigenvalue weighted by Crippen LogP contribution is -2.12. The Kier molecular flexibility index (Phi) is 3.53. The SMILES string of the molecule is CC(C)(C)c1ccccc1Oc1cncc(Cl)n1. The summed E-state index contributed by atoms with van der Waals surface area (Å²) < 4.78 is 5.76. The maximum absolute atomic E-state index is 5.79. The molecule has 0 unspecified atom stereocenters. The topological polar surface area (TPSA) is 35.0 Å². The summed E-state index contributed by atoms with van der Waals surface area (Å²) in [7, 11) is 0. The predicted molar refractivity (Wildman–Crippen MR) is 72.3 cm³/mol. The van der Waals surface area contributed by atoms with Crippen LogP contribution in [0.25, 0.3) is 0 Å². The molecule has 0 bridgehead atoms. The summed E-state index contributed by atoms with van der Waals surface area (Å²) >= 11 is 5.79. The lowest BCUT2D eigenvalue weighted by atomic mass is 9.86. The quantitative estimate of drug-likeness (QED) is 0.813. The van der Waals surface area contributed by atoms with Crippen molar-refractivity contribution in [3.05, 3.63) is 47.4 Å². The fraction of sp³-hybridized carbons (Fsp3) is 0.286. The summed E-state index contributed by atoms with van der Waals surface area (Å²) in [6.07, 6.45) is 3.02. The first-order valence-electron chi connectivity index (χ1n) is 5.72. The molecule has 0 aliphatic carbocycles. The van der Waals surface area contributed by atoms with Crippen molar-refractivity contribution in [3.8, 4) is 11.6 Å². The Bertz CT molecular complexity index is 549. The average molecular weight is 263 g/mol. The van der Waals surface area contributed by atoms with E-state index in [4.69, 9.17) is 16.3 Å². The Labute approximate surface area is 112 Å². The maximum atomic E-state index is 5.79. The summed E-state index contributed by atoms with van der Waals surface area (Å²) in [5.74, 6) is 1.18. The summed E-state index contributed by atoms with van der Waals surface area (Å²) in [5, 5.41) is 0.320. The lowest BCUT2D eigenvalue weighted by Gasteiger charge is -2.22. The van der Waals surface area contributed by atoms with Gasteiger partial charge in [0.15, 0.2) is 5.15 Å². The molecule has 3 nitrogen and oxygen atoms in total. The molecule has 0 saturated heterocycles. The van der Waals surface area contributed by atoms with Gasteiger partial charge in [-0.25, -0.2) is 0 Å². The number of para-hydroxylation sites is 1. The Morgan fingerprint density at radius 2 is 1.83 bits per heavy atom. The summed E-state index contributed by atoms with van der Waals surface area (Å²) in [6.45, 7) is 6.41. The Morgan fingerprint density at radius 3 is 2.50 bits per heavy atom. The third-order valence-electron chi connectivity index (χ3n) is 2.49. The van der Waals surface area contributed by atoms with Gasteiger partial charge in [-0.3, -0.25) is 4.98 Å². The zero-order valence-corrected chi connectivity index (χ0v) is 11.4. The van der Waals surface area contributed by atoms with Crippen molar-refractivity contribution in [1.29, 1.82) is 0 Å². The molecule has 4 heteroatoms. The second-order valence-corrected chi connectivity index (χ2v) is 5.42. The highest BCUT2D eigenvalue weighted by Crippen LogP contribution is 2.33. The van der Waals surface area contributed by atoms with Crippen molar-refractivity contribution < 1.29 is 4.74 Å². The second-order valence-electron chi connectivity index (χ2n) is 5.03. The number of hydrogen-bond acceptors (Lipinski definition) is 3. The largest absolute Gasteiger partial charge is 0.437 e. The van der Waals surface area contributed by atoms with E-state index in [9.17, 15) is 0 Å². The Morgan fingerprint density at radius 1 is 1.11 bits per heavy atom. The van der Waals surface area contributed by atoms with Gasteiger partial charge in [0, 0.05) is 5.56 Å². The highest BCUT2D eigenvalue weighted by atomic mass is 35.5. The fourth-order valence-corrected chi connectivity index (χ4v) is 1.80. The highest BCUT2D eigenvalue weighted by molar-refractivity contribution is 6.29. The van der Waals surface area contributed by atoms with Crippen LogP contribution in [-0.2, 0) is 5.41 Å². The van der Waals surface area contributed by atoms with Crippen LogP contribution in [0.1, 0.15) is 26.3 Å². The first-order chi connectivity index (χ1) is 8.47. The van der Waals surface area contributed by atoms with E-state index in [1.165, 1.54) is 6.20 Å². The van der Waals surface area contributed by atoms with Gasteiger partial charge in [0.05, 0.1) is 12.4 Å².